The Morgan fingerprint density at radius 3 is 2.41 bits per heavy atom. The van der Waals surface area contributed by atoms with Crippen LogP contribution < -0.4 is 4.74 Å². The van der Waals surface area contributed by atoms with Gasteiger partial charge in [0.15, 0.2) is 0 Å². The van der Waals surface area contributed by atoms with Gasteiger partial charge in [-0.3, -0.25) is 0 Å². The van der Waals surface area contributed by atoms with Crippen LogP contribution in [0.2, 0.25) is 0 Å². The van der Waals surface area contributed by atoms with Crippen LogP contribution in [0.25, 0.3) is 11.1 Å². The molecular weight excluding hydrogens is 424 g/mol. The normalized spacial score (nSPS) is 17.4. The smallest absolute Gasteiger partial charge is 0.415 e. The molecule has 0 bridgehead atoms. The van der Waals surface area contributed by atoms with Crippen LogP contribution in [0.15, 0.2) is 61.7 Å². The molecule has 5 nitrogen and oxygen atoms in total. The summed E-state index contributed by atoms with van der Waals surface area (Å²) in [6.07, 6.45) is 10.6. The fourth-order valence-electron chi connectivity index (χ4n) is 5.13. The molecule has 0 unspecified atom stereocenters. The number of amides is 1. The summed E-state index contributed by atoms with van der Waals surface area (Å²) < 4.78 is 5.85. The van der Waals surface area contributed by atoms with Crippen molar-refractivity contribution in [1.29, 1.82) is 0 Å². The SMILES string of the molecule is C=CCc1ccc(O)c(-c2ccc(OC(=O)N3CCC(N4CCCCC4)CC3)c(CC=C)c2)c1. The quantitative estimate of drug-likeness (QED) is 0.518. The third-order valence-electron chi connectivity index (χ3n) is 7.00. The number of rotatable bonds is 7. The highest BCUT2D eigenvalue weighted by Crippen LogP contribution is 2.34. The number of aromatic hydroxyl groups is 1. The zero-order valence-corrected chi connectivity index (χ0v) is 20.0. The summed E-state index contributed by atoms with van der Waals surface area (Å²) in [5.41, 5.74) is 3.58. The third-order valence-corrected chi connectivity index (χ3v) is 7.00. The Balaban J connectivity index is 1.45. The summed E-state index contributed by atoms with van der Waals surface area (Å²) in [6.45, 7) is 11.5. The van der Waals surface area contributed by atoms with Gasteiger partial charge in [-0.1, -0.05) is 30.7 Å². The number of piperidine rings is 2. The molecule has 0 saturated carbocycles. The number of benzene rings is 2. The van der Waals surface area contributed by atoms with E-state index in [0.717, 1.165) is 54.6 Å². The first-order valence-electron chi connectivity index (χ1n) is 12.5. The van der Waals surface area contributed by atoms with Crippen molar-refractivity contribution in [3.05, 3.63) is 72.8 Å². The lowest BCUT2D eigenvalue weighted by Crippen LogP contribution is -2.48. The second-order valence-corrected chi connectivity index (χ2v) is 9.34. The first-order chi connectivity index (χ1) is 16.6. The average Bonchev–Trinajstić information content (AvgIpc) is 2.87. The van der Waals surface area contributed by atoms with Crippen molar-refractivity contribution in [2.75, 3.05) is 26.2 Å². The van der Waals surface area contributed by atoms with Gasteiger partial charge in [0.05, 0.1) is 0 Å². The van der Waals surface area contributed by atoms with E-state index < -0.39 is 0 Å². The standard InChI is InChI=1S/C29H36N2O3/c1-3-8-22-10-12-27(32)26(20-22)23-11-13-28(24(21-23)9-4-2)34-29(33)31-18-14-25(15-19-31)30-16-6-5-7-17-30/h3-4,10-13,20-21,25,32H,1-2,5-9,14-19H2. The van der Waals surface area contributed by atoms with E-state index in [-0.39, 0.29) is 11.8 Å². The van der Waals surface area contributed by atoms with Crippen molar-refractivity contribution in [3.8, 4) is 22.6 Å². The highest BCUT2D eigenvalue weighted by molar-refractivity contribution is 5.75. The fourth-order valence-corrected chi connectivity index (χ4v) is 5.13. The van der Waals surface area contributed by atoms with Crippen molar-refractivity contribution < 1.29 is 14.6 Å². The van der Waals surface area contributed by atoms with E-state index in [0.29, 0.717) is 18.2 Å². The van der Waals surface area contributed by atoms with E-state index >= 15 is 0 Å². The molecule has 0 aliphatic carbocycles. The van der Waals surface area contributed by atoms with Gasteiger partial charge in [-0.25, -0.2) is 4.79 Å². The van der Waals surface area contributed by atoms with Gasteiger partial charge in [-0.2, -0.15) is 0 Å². The lowest BCUT2D eigenvalue weighted by Gasteiger charge is -2.39. The molecule has 0 atom stereocenters. The highest BCUT2D eigenvalue weighted by Gasteiger charge is 2.28. The van der Waals surface area contributed by atoms with Crippen LogP contribution in [0.5, 0.6) is 11.5 Å². The van der Waals surface area contributed by atoms with E-state index in [4.69, 9.17) is 4.74 Å². The first-order valence-corrected chi connectivity index (χ1v) is 12.5. The van der Waals surface area contributed by atoms with Crippen molar-refractivity contribution >= 4 is 6.09 Å². The van der Waals surface area contributed by atoms with Crippen LogP contribution in [0.4, 0.5) is 4.79 Å². The highest BCUT2D eigenvalue weighted by atomic mass is 16.6. The summed E-state index contributed by atoms with van der Waals surface area (Å²) in [7, 11) is 0. The molecule has 34 heavy (non-hydrogen) atoms. The topological polar surface area (TPSA) is 53.0 Å². The molecule has 5 heteroatoms. The number of likely N-dealkylation sites (tertiary alicyclic amines) is 2. The summed E-state index contributed by atoms with van der Waals surface area (Å²) in [5, 5.41) is 10.4. The Morgan fingerprint density at radius 2 is 1.71 bits per heavy atom. The second kappa shape index (κ2) is 11.4. The van der Waals surface area contributed by atoms with Crippen molar-refractivity contribution in [2.24, 2.45) is 0 Å². The molecule has 2 aliphatic heterocycles. The fraction of sp³-hybridized carbons (Fsp3) is 0.414. The molecule has 0 radical (unpaired) electrons. The number of hydrogen-bond acceptors (Lipinski definition) is 4. The van der Waals surface area contributed by atoms with Crippen molar-refractivity contribution in [2.45, 2.75) is 51.0 Å². The molecular formula is C29H36N2O3. The number of ether oxygens (including phenoxy) is 1. The summed E-state index contributed by atoms with van der Waals surface area (Å²) >= 11 is 0. The second-order valence-electron chi connectivity index (χ2n) is 9.34. The lowest BCUT2D eigenvalue weighted by atomic mass is 9.97. The minimum absolute atomic E-state index is 0.221. The molecule has 2 aliphatic rings. The predicted molar refractivity (Wildman–Crippen MR) is 137 cm³/mol. The van der Waals surface area contributed by atoms with E-state index in [1.165, 1.54) is 32.4 Å². The number of allylic oxidation sites excluding steroid dienone is 2. The molecule has 2 saturated heterocycles. The number of carbonyl (C=O) groups is 1. The molecule has 0 spiro atoms. The van der Waals surface area contributed by atoms with Gasteiger partial charge in [0, 0.05) is 24.7 Å². The largest absolute Gasteiger partial charge is 0.507 e. The van der Waals surface area contributed by atoms with Crippen LogP contribution in [-0.4, -0.2) is 53.2 Å². The van der Waals surface area contributed by atoms with E-state index in [1.807, 2.05) is 41.3 Å². The monoisotopic (exact) mass is 460 g/mol. The van der Waals surface area contributed by atoms with Gasteiger partial charge in [0.1, 0.15) is 11.5 Å². The third kappa shape index (κ3) is 5.71. The Labute approximate surface area is 203 Å². The lowest BCUT2D eigenvalue weighted by molar-refractivity contribution is 0.0877. The van der Waals surface area contributed by atoms with Crippen LogP contribution in [0.3, 0.4) is 0 Å². The zero-order valence-electron chi connectivity index (χ0n) is 20.0. The van der Waals surface area contributed by atoms with E-state index in [1.54, 1.807) is 12.1 Å². The number of phenols is 1. The summed E-state index contributed by atoms with van der Waals surface area (Å²) in [4.78, 5) is 17.4. The van der Waals surface area contributed by atoms with Crippen molar-refractivity contribution in [1.82, 2.24) is 9.80 Å². The minimum atomic E-state index is -0.286. The van der Waals surface area contributed by atoms with Crippen LogP contribution in [-0.2, 0) is 12.8 Å². The molecule has 2 fully saturated rings. The Kier molecular flexibility index (Phi) is 8.07. The molecule has 180 valence electrons. The number of nitrogens with zero attached hydrogens (tertiary/aromatic N) is 2. The van der Waals surface area contributed by atoms with Gasteiger partial charge in [0.2, 0.25) is 0 Å². The van der Waals surface area contributed by atoms with Crippen LogP contribution in [0.1, 0.15) is 43.2 Å². The van der Waals surface area contributed by atoms with Gasteiger partial charge >= 0.3 is 6.09 Å². The maximum Gasteiger partial charge on any atom is 0.415 e. The maximum absolute atomic E-state index is 12.9. The molecule has 4 rings (SSSR count). The maximum atomic E-state index is 12.9. The Hall–Kier alpha value is -3.05. The molecule has 2 aromatic rings. The van der Waals surface area contributed by atoms with E-state index in [2.05, 4.69) is 18.1 Å². The number of hydrogen-bond donors (Lipinski definition) is 1. The number of phenolic OH excluding ortho intramolecular Hbond substituents is 1. The molecule has 0 aromatic heterocycles. The first kappa shape index (κ1) is 24.1. The van der Waals surface area contributed by atoms with Crippen molar-refractivity contribution in [3.63, 3.8) is 0 Å². The molecule has 2 heterocycles. The zero-order chi connectivity index (χ0) is 23.9. The number of carbonyl (C=O) groups excluding carboxylic acids is 1. The Bertz CT molecular complexity index is 1020. The van der Waals surface area contributed by atoms with E-state index in [9.17, 15) is 9.90 Å². The van der Waals surface area contributed by atoms with Gasteiger partial charge in [0.25, 0.3) is 0 Å². The van der Waals surface area contributed by atoms with Crippen LogP contribution in [0, 0.1) is 0 Å². The molecule has 1 amide bonds. The summed E-state index contributed by atoms with van der Waals surface area (Å²) in [6, 6.07) is 11.9. The predicted octanol–water partition coefficient (Wildman–Crippen LogP) is 5.97. The molecule has 2 aromatic carbocycles. The van der Waals surface area contributed by atoms with Gasteiger partial charge in [-0.05, 0) is 92.6 Å². The van der Waals surface area contributed by atoms with Gasteiger partial charge < -0.3 is 19.6 Å². The van der Waals surface area contributed by atoms with Gasteiger partial charge in [-0.15, -0.1) is 13.2 Å². The Morgan fingerprint density at radius 1 is 0.971 bits per heavy atom. The summed E-state index contributed by atoms with van der Waals surface area (Å²) in [5.74, 6) is 0.771. The molecule has 1 N–H and O–H groups in total. The van der Waals surface area contributed by atoms with Crippen LogP contribution >= 0.6 is 0 Å². The minimum Gasteiger partial charge on any atom is -0.507 e. The average molecular weight is 461 g/mol.